The van der Waals surface area contributed by atoms with Crippen molar-refractivity contribution >= 4 is 27.5 Å². The van der Waals surface area contributed by atoms with Gasteiger partial charge in [-0.05, 0) is 29.5 Å². The van der Waals surface area contributed by atoms with Gasteiger partial charge in [0.25, 0.3) is 0 Å². The molecule has 1 aliphatic carbocycles. The first-order valence-electron chi connectivity index (χ1n) is 5.08. The molecule has 2 rings (SSSR count). The third-order valence-electron chi connectivity index (χ3n) is 3.71. The maximum atomic E-state index is 5.94. The summed E-state index contributed by atoms with van der Waals surface area (Å²) < 4.78 is 1.08. The van der Waals surface area contributed by atoms with E-state index in [1.54, 1.807) is 0 Å². The van der Waals surface area contributed by atoms with Crippen LogP contribution in [0.4, 0.5) is 0 Å². The zero-order chi connectivity index (χ0) is 11.3. The lowest BCUT2D eigenvalue weighted by molar-refractivity contribution is 0.501. The standard InChI is InChI=1S/C12H15BrClN/c1-11(2)6-12(11,7-15)9-4-3-8(14)5-10(9)13/h3-5H,6-7,15H2,1-2H3. The Morgan fingerprint density at radius 1 is 1.47 bits per heavy atom. The molecule has 1 atom stereocenters. The van der Waals surface area contributed by atoms with E-state index in [0.717, 1.165) is 15.9 Å². The second-order valence-corrected chi connectivity index (χ2v) is 6.26. The Labute approximate surface area is 104 Å². The van der Waals surface area contributed by atoms with Crippen molar-refractivity contribution in [3.05, 3.63) is 33.3 Å². The number of hydrogen-bond acceptors (Lipinski definition) is 1. The second kappa shape index (κ2) is 3.47. The van der Waals surface area contributed by atoms with Gasteiger partial charge in [-0.15, -0.1) is 0 Å². The van der Waals surface area contributed by atoms with Gasteiger partial charge in [0.15, 0.2) is 0 Å². The highest BCUT2D eigenvalue weighted by atomic mass is 79.9. The Kier molecular flexibility index (Phi) is 2.65. The smallest absolute Gasteiger partial charge is 0.0417 e. The first kappa shape index (κ1) is 11.4. The molecule has 0 aliphatic heterocycles. The third-order valence-corrected chi connectivity index (χ3v) is 4.60. The van der Waals surface area contributed by atoms with Crippen LogP contribution < -0.4 is 5.73 Å². The van der Waals surface area contributed by atoms with Crippen molar-refractivity contribution in [1.29, 1.82) is 0 Å². The van der Waals surface area contributed by atoms with Gasteiger partial charge in [0.1, 0.15) is 0 Å². The lowest BCUT2D eigenvalue weighted by Gasteiger charge is -2.20. The van der Waals surface area contributed by atoms with E-state index >= 15 is 0 Å². The van der Waals surface area contributed by atoms with Crippen LogP contribution in [0.5, 0.6) is 0 Å². The van der Waals surface area contributed by atoms with E-state index in [9.17, 15) is 0 Å². The molecular weight excluding hydrogens is 273 g/mol. The largest absolute Gasteiger partial charge is 0.330 e. The first-order chi connectivity index (χ1) is 6.93. The van der Waals surface area contributed by atoms with Crippen LogP contribution in [0.2, 0.25) is 5.02 Å². The lowest BCUT2D eigenvalue weighted by Crippen LogP contribution is -2.25. The van der Waals surface area contributed by atoms with Crippen LogP contribution >= 0.6 is 27.5 Å². The molecule has 3 heteroatoms. The van der Waals surface area contributed by atoms with E-state index in [-0.39, 0.29) is 5.41 Å². The Hall–Kier alpha value is -0.0500. The molecule has 1 aromatic rings. The van der Waals surface area contributed by atoms with Crippen molar-refractivity contribution in [3.8, 4) is 0 Å². The van der Waals surface area contributed by atoms with E-state index in [1.807, 2.05) is 12.1 Å². The van der Waals surface area contributed by atoms with E-state index in [2.05, 4.69) is 35.8 Å². The van der Waals surface area contributed by atoms with Crippen LogP contribution in [0.15, 0.2) is 22.7 Å². The predicted octanol–water partition coefficient (Wildman–Crippen LogP) is 3.73. The van der Waals surface area contributed by atoms with Gasteiger partial charge < -0.3 is 5.73 Å². The SMILES string of the molecule is CC1(C)CC1(CN)c1ccc(Cl)cc1Br. The highest BCUT2D eigenvalue weighted by Gasteiger charge is 2.61. The van der Waals surface area contributed by atoms with Crippen LogP contribution in [-0.2, 0) is 5.41 Å². The Morgan fingerprint density at radius 2 is 2.07 bits per heavy atom. The molecule has 0 amide bonds. The summed E-state index contributed by atoms with van der Waals surface area (Å²) in [4.78, 5) is 0. The normalized spacial score (nSPS) is 27.8. The molecule has 0 aromatic heterocycles. The summed E-state index contributed by atoms with van der Waals surface area (Å²) in [6.07, 6.45) is 1.15. The fourth-order valence-corrected chi connectivity index (χ4v) is 3.57. The average molecular weight is 289 g/mol. The summed E-state index contributed by atoms with van der Waals surface area (Å²) in [5.74, 6) is 0. The zero-order valence-corrected chi connectivity index (χ0v) is 11.3. The topological polar surface area (TPSA) is 26.0 Å². The van der Waals surface area contributed by atoms with E-state index < -0.39 is 0 Å². The van der Waals surface area contributed by atoms with Crippen LogP contribution in [-0.4, -0.2) is 6.54 Å². The molecule has 0 heterocycles. The molecule has 1 nitrogen and oxygen atoms in total. The van der Waals surface area contributed by atoms with Gasteiger partial charge in [-0.2, -0.15) is 0 Å². The van der Waals surface area contributed by atoms with Crippen molar-refractivity contribution in [2.24, 2.45) is 11.1 Å². The first-order valence-corrected chi connectivity index (χ1v) is 6.26. The average Bonchev–Trinajstić information content (AvgIpc) is 2.69. The van der Waals surface area contributed by atoms with Crippen molar-refractivity contribution < 1.29 is 0 Å². The minimum absolute atomic E-state index is 0.135. The van der Waals surface area contributed by atoms with Gasteiger partial charge in [0, 0.05) is 21.5 Å². The number of hydrogen-bond donors (Lipinski definition) is 1. The van der Waals surface area contributed by atoms with E-state index in [0.29, 0.717) is 12.0 Å². The van der Waals surface area contributed by atoms with Crippen LogP contribution in [0.1, 0.15) is 25.8 Å². The minimum Gasteiger partial charge on any atom is -0.330 e. The molecule has 82 valence electrons. The minimum atomic E-state index is 0.135. The molecule has 2 N–H and O–H groups in total. The number of nitrogens with two attached hydrogens (primary N) is 1. The predicted molar refractivity (Wildman–Crippen MR) is 68.3 cm³/mol. The fraction of sp³-hybridized carbons (Fsp3) is 0.500. The summed E-state index contributed by atoms with van der Waals surface area (Å²) in [5.41, 5.74) is 7.66. The van der Waals surface area contributed by atoms with Gasteiger partial charge in [-0.25, -0.2) is 0 Å². The maximum absolute atomic E-state index is 5.94. The molecule has 1 fully saturated rings. The molecule has 15 heavy (non-hydrogen) atoms. The Balaban J connectivity index is 2.46. The number of halogens is 2. The summed E-state index contributed by atoms with van der Waals surface area (Å²) >= 11 is 9.52. The molecule has 0 saturated heterocycles. The highest BCUT2D eigenvalue weighted by molar-refractivity contribution is 9.10. The molecule has 1 aromatic carbocycles. The molecule has 1 saturated carbocycles. The van der Waals surface area contributed by atoms with Crippen molar-refractivity contribution in [2.45, 2.75) is 25.7 Å². The summed E-state index contributed by atoms with van der Waals surface area (Å²) in [5, 5.41) is 0.760. The lowest BCUT2D eigenvalue weighted by atomic mass is 9.88. The molecule has 0 radical (unpaired) electrons. The van der Waals surface area contributed by atoms with Crippen LogP contribution in [0.3, 0.4) is 0 Å². The van der Waals surface area contributed by atoms with Gasteiger partial charge >= 0.3 is 0 Å². The zero-order valence-electron chi connectivity index (χ0n) is 8.98. The molecule has 1 aliphatic rings. The molecule has 1 unspecified atom stereocenters. The number of benzene rings is 1. The molecule has 0 bridgehead atoms. The van der Waals surface area contributed by atoms with Crippen molar-refractivity contribution in [1.82, 2.24) is 0 Å². The van der Waals surface area contributed by atoms with Gasteiger partial charge in [0.2, 0.25) is 0 Å². The highest BCUT2D eigenvalue weighted by Crippen LogP contribution is 2.64. The summed E-state index contributed by atoms with van der Waals surface area (Å²) in [6, 6.07) is 5.98. The molecule has 0 spiro atoms. The summed E-state index contributed by atoms with van der Waals surface area (Å²) in [7, 11) is 0. The van der Waals surface area contributed by atoms with E-state index in [1.165, 1.54) is 5.56 Å². The second-order valence-electron chi connectivity index (χ2n) is 4.97. The quantitative estimate of drug-likeness (QED) is 0.882. The molecular formula is C12H15BrClN. The Morgan fingerprint density at radius 3 is 2.47 bits per heavy atom. The van der Waals surface area contributed by atoms with Crippen LogP contribution in [0.25, 0.3) is 0 Å². The van der Waals surface area contributed by atoms with E-state index in [4.69, 9.17) is 17.3 Å². The third kappa shape index (κ3) is 1.63. The Bertz CT molecular complexity index is 403. The van der Waals surface area contributed by atoms with Crippen molar-refractivity contribution in [3.63, 3.8) is 0 Å². The fourth-order valence-electron chi connectivity index (χ4n) is 2.51. The van der Waals surface area contributed by atoms with Gasteiger partial charge in [-0.1, -0.05) is 47.4 Å². The number of rotatable bonds is 2. The van der Waals surface area contributed by atoms with Crippen LogP contribution in [0, 0.1) is 5.41 Å². The van der Waals surface area contributed by atoms with Gasteiger partial charge in [-0.3, -0.25) is 0 Å². The summed E-state index contributed by atoms with van der Waals surface area (Å²) in [6.45, 7) is 5.22. The maximum Gasteiger partial charge on any atom is 0.0417 e. The van der Waals surface area contributed by atoms with Crippen molar-refractivity contribution in [2.75, 3.05) is 6.54 Å². The monoisotopic (exact) mass is 287 g/mol. The van der Waals surface area contributed by atoms with Gasteiger partial charge in [0.05, 0.1) is 0 Å².